The quantitative estimate of drug-likeness (QED) is 0.871. The van der Waals surface area contributed by atoms with E-state index < -0.39 is 5.82 Å². The highest BCUT2D eigenvalue weighted by atomic mass is 19.1. The molecule has 1 unspecified atom stereocenters. The molecule has 5 heteroatoms. The van der Waals surface area contributed by atoms with E-state index in [1.54, 1.807) is 30.1 Å². The van der Waals surface area contributed by atoms with Gasteiger partial charge in [-0.25, -0.2) is 9.18 Å². The number of ether oxygens (including phenoxy) is 1. The Balaban J connectivity index is 2.70. The predicted octanol–water partition coefficient (Wildman–Crippen LogP) is 3.67. The summed E-state index contributed by atoms with van der Waals surface area (Å²) in [5, 5.41) is 2.97. The first-order chi connectivity index (χ1) is 10.3. The van der Waals surface area contributed by atoms with E-state index in [-0.39, 0.29) is 29.8 Å². The highest BCUT2D eigenvalue weighted by Crippen LogP contribution is 2.22. The summed E-state index contributed by atoms with van der Waals surface area (Å²) in [5.41, 5.74) is -0.200. The second-order valence-corrected chi connectivity index (χ2v) is 6.53. The first kappa shape index (κ1) is 18.3. The Kier molecular flexibility index (Phi) is 6.65. The smallest absolute Gasteiger partial charge is 0.317 e. The van der Waals surface area contributed by atoms with Crippen molar-refractivity contribution in [3.05, 3.63) is 30.1 Å². The van der Waals surface area contributed by atoms with E-state index in [4.69, 9.17) is 4.74 Å². The number of nitrogens with one attached hydrogen (secondary N) is 1. The zero-order valence-corrected chi connectivity index (χ0v) is 14.1. The van der Waals surface area contributed by atoms with Gasteiger partial charge in [-0.3, -0.25) is 0 Å². The first-order valence-electron chi connectivity index (χ1n) is 7.64. The summed E-state index contributed by atoms with van der Waals surface area (Å²) in [6.45, 7) is 8.98. The molecule has 0 fully saturated rings. The summed E-state index contributed by atoms with van der Waals surface area (Å²) in [4.78, 5) is 13.8. The number of amides is 2. The lowest BCUT2D eigenvalue weighted by molar-refractivity contribution is 0.154. The van der Waals surface area contributed by atoms with E-state index in [2.05, 4.69) is 5.32 Å². The third kappa shape index (κ3) is 5.54. The van der Waals surface area contributed by atoms with E-state index in [0.717, 1.165) is 6.42 Å². The van der Waals surface area contributed by atoms with Gasteiger partial charge in [-0.2, -0.15) is 0 Å². The standard InChI is InChI=1S/C17H27FN2O2/c1-6-11-20(5)16(21)19-15(17(2,3)4)12-22-14-10-8-7-9-13(14)18/h7-10,15H,6,11-12H2,1-5H3,(H,19,21). The number of hydrogen-bond donors (Lipinski definition) is 1. The molecule has 0 spiro atoms. The van der Waals surface area contributed by atoms with Crippen molar-refractivity contribution in [3.8, 4) is 5.75 Å². The number of nitrogens with zero attached hydrogens (tertiary/aromatic N) is 1. The summed E-state index contributed by atoms with van der Waals surface area (Å²) in [7, 11) is 1.76. The summed E-state index contributed by atoms with van der Waals surface area (Å²) in [6, 6.07) is 5.91. The third-order valence-corrected chi connectivity index (χ3v) is 3.49. The Hall–Kier alpha value is -1.78. The molecule has 1 atom stereocenters. The van der Waals surface area contributed by atoms with Crippen LogP contribution in [-0.4, -0.2) is 37.2 Å². The number of hydrogen-bond acceptors (Lipinski definition) is 2. The van der Waals surface area contributed by atoms with Gasteiger partial charge in [-0.1, -0.05) is 39.8 Å². The maximum atomic E-state index is 13.6. The van der Waals surface area contributed by atoms with Crippen LogP contribution in [0.2, 0.25) is 0 Å². The van der Waals surface area contributed by atoms with Crippen molar-refractivity contribution in [2.45, 2.75) is 40.2 Å². The van der Waals surface area contributed by atoms with Crippen LogP contribution in [0.15, 0.2) is 24.3 Å². The lowest BCUT2D eigenvalue weighted by Gasteiger charge is -2.32. The highest BCUT2D eigenvalue weighted by Gasteiger charge is 2.28. The highest BCUT2D eigenvalue weighted by molar-refractivity contribution is 5.74. The van der Waals surface area contributed by atoms with Gasteiger partial charge >= 0.3 is 6.03 Å². The summed E-state index contributed by atoms with van der Waals surface area (Å²) in [6.07, 6.45) is 0.899. The van der Waals surface area contributed by atoms with Crippen molar-refractivity contribution in [1.82, 2.24) is 10.2 Å². The molecular formula is C17H27FN2O2. The van der Waals surface area contributed by atoms with Gasteiger partial charge in [0.15, 0.2) is 11.6 Å². The average Bonchev–Trinajstić information content (AvgIpc) is 2.43. The molecule has 22 heavy (non-hydrogen) atoms. The molecule has 0 aliphatic rings. The average molecular weight is 310 g/mol. The van der Waals surface area contributed by atoms with Gasteiger partial charge in [-0.05, 0) is 24.0 Å². The van der Waals surface area contributed by atoms with E-state index >= 15 is 0 Å². The monoisotopic (exact) mass is 310 g/mol. The maximum absolute atomic E-state index is 13.6. The van der Waals surface area contributed by atoms with Crippen molar-refractivity contribution in [2.24, 2.45) is 5.41 Å². The van der Waals surface area contributed by atoms with Crippen molar-refractivity contribution in [2.75, 3.05) is 20.2 Å². The SMILES string of the molecule is CCCN(C)C(=O)NC(COc1ccccc1F)C(C)(C)C. The topological polar surface area (TPSA) is 41.6 Å². The van der Waals surface area contributed by atoms with Crippen LogP contribution in [0.3, 0.4) is 0 Å². The van der Waals surface area contributed by atoms with Gasteiger partial charge in [0.05, 0.1) is 6.04 Å². The predicted molar refractivity (Wildman–Crippen MR) is 86.6 cm³/mol. The number of urea groups is 1. The van der Waals surface area contributed by atoms with Crippen LogP contribution < -0.4 is 10.1 Å². The molecule has 0 heterocycles. The fourth-order valence-electron chi connectivity index (χ4n) is 1.94. The molecule has 1 N–H and O–H groups in total. The van der Waals surface area contributed by atoms with E-state index in [9.17, 15) is 9.18 Å². The number of para-hydroxylation sites is 1. The van der Waals surface area contributed by atoms with Crippen LogP contribution in [0.5, 0.6) is 5.75 Å². The Morgan fingerprint density at radius 2 is 2.00 bits per heavy atom. The Morgan fingerprint density at radius 3 is 2.55 bits per heavy atom. The summed E-state index contributed by atoms with van der Waals surface area (Å²) >= 11 is 0. The number of carbonyl (C=O) groups excluding carboxylic acids is 1. The molecule has 0 bridgehead atoms. The molecule has 0 saturated carbocycles. The number of benzene rings is 1. The van der Waals surface area contributed by atoms with Crippen LogP contribution in [0, 0.1) is 11.2 Å². The van der Waals surface area contributed by atoms with Gasteiger partial charge in [0, 0.05) is 13.6 Å². The van der Waals surface area contributed by atoms with Gasteiger partial charge in [-0.15, -0.1) is 0 Å². The molecule has 1 aromatic rings. The van der Waals surface area contributed by atoms with Crippen molar-refractivity contribution in [1.29, 1.82) is 0 Å². The van der Waals surface area contributed by atoms with Crippen molar-refractivity contribution < 1.29 is 13.9 Å². The zero-order chi connectivity index (χ0) is 16.8. The Labute approximate surface area is 132 Å². The molecule has 2 amide bonds. The zero-order valence-electron chi connectivity index (χ0n) is 14.1. The fraction of sp³-hybridized carbons (Fsp3) is 0.588. The van der Waals surface area contributed by atoms with Crippen LogP contribution in [0.4, 0.5) is 9.18 Å². The second-order valence-electron chi connectivity index (χ2n) is 6.53. The maximum Gasteiger partial charge on any atom is 0.317 e. The van der Waals surface area contributed by atoms with Gasteiger partial charge in [0.2, 0.25) is 0 Å². The van der Waals surface area contributed by atoms with Gasteiger partial charge in [0.1, 0.15) is 6.61 Å². The lowest BCUT2D eigenvalue weighted by Crippen LogP contribution is -2.51. The molecule has 0 aromatic heterocycles. The van der Waals surface area contributed by atoms with Gasteiger partial charge in [0.25, 0.3) is 0 Å². The molecule has 1 rings (SSSR count). The Morgan fingerprint density at radius 1 is 1.36 bits per heavy atom. The third-order valence-electron chi connectivity index (χ3n) is 3.49. The number of halogens is 1. The van der Waals surface area contributed by atoms with Crippen molar-refractivity contribution in [3.63, 3.8) is 0 Å². The molecule has 0 saturated heterocycles. The fourth-order valence-corrected chi connectivity index (χ4v) is 1.94. The van der Waals surface area contributed by atoms with E-state index in [1.165, 1.54) is 6.07 Å². The minimum absolute atomic E-state index is 0.140. The summed E-state index contributed by atoms with van der Waals surface area (Å²) < 4.78 is 19.2. The number of rotatable bonds is 6. The van der Waals surface area contributed by atoms with Crippen molar-refractivity contribution >= 4 is 6.03 Å². The molecule has 4 nitrogen and oxygen atoms in total. The normalized spacial score (nSPS) is 12.6. The second kappa shape index (κ2) is 8.01. The van der Waals surface area contributed by atoms with E-state index in [0.29, 0.717) is 6.54 Å². The largest absolute Gasteiger partial charge is 0.488 e. The minimum atomic E-state index is -0.399. The first-order valence-corrected chi connectivity index (χ1v) is 7.64. The summed E-state index contributed by atoms with van der Waals surface area (Å²) in [5.74, 6) is -0.197. The molecule has 0 aliphatic carbocycles. The van der Waals surface area contributed by atoms with Crippen LogP contribution in [-0.2, 0) is 0 Å². The molecule has 124 valence electrons. The molecule has 0 aliphatic heterocycles. The van der Waals surface area contributed by atoms with Crippen LogP contribution in [0.25, 0.3) is 0 Å². The molecule has 0 radical (unpaired) electrons. The molecule has 1 aromatic carbocycles. The van der Waals surface area contributed by atoms with E-state index in [1.807, 2.05) is 27.7 Å². The van der Waals surface area contributed by atoms with Crippen LogP contribution in [0.1, 0.15) is 34.1 Å². The Bertz CT molecular complexity index is 486. The van der Waals surface area contributed by atoms with Crippen LogP contribution >= 0.6 is 0 Å². The number of carbonyl (C=O) groups is 1. The molecular weight excluding hydrogens is 283 g/mol. The minimum Gasteiger partial charge on any atom is -0.488 e. The van der Waals surface area contributed by atoms with Gasteiger partial charge < -0.3 is 15.0 Å². The lowest BCUT2D eigenvalue weighted by atomic mass is 9.87.